The molecule has 8 atom stereocenters. The first kappa shape index (κ1) is 21.0. The van der Waals surface area contributed by atoms with E-state index in [1.165, 1.54) is 57.8 Å². The van der Waals surface area contributed by atoms with Crippen molar-refractivity contribution in [2.75, 3.05) is 0 Å². The molecule has 3 fully saturated rings. The maximum Gasteiger partial charge on any atom is 0.0577 e. The maximum absolute atomic E-state index is 10.2. The van der Waals surface area contributed by atoms with E-state index in [9.17, 15) is 5.11 Å². The first-order chi connectivity index (χ1) is 13.3. The molecule has 0 aromatic heterocycles. The third kappa shape index (κ3) is 3.42. The summed E-state index contributed by atoms with van der Waals surface area (Å²) < 4.78 is 0. The average molecular weight is 387 g/mol. The van der Waals surface area contributed by atoms with Gasteiger partial charge in [-0.2, -0.15) is 0 Å². The monoisotopic (exact) mass is 386 g/mol. The molecule has 3 saturated carbocycles. The summed E-state index contributed by atoms with van der Waals surface area (Å²) in [6.07, 6.45) is 17.2. The number of aliphatic hydroxyl groups is 1. The number of hydrogen-bond acceptors (Lipinski definition) is 1. The van der Waals surface area contributed by atoms with E-state index in [4.69, 9.17) is 0 Å². The Morgan fingerprint density at radius 3 is 2.54 bits per heavy atom. The van der Waals surface area contributed by atoms with E-state index in [2.05, 4.69) is 40.7 Å². The average Bonchev–Trinajstić information content (AvgIpc) is 2.99. The molecule has 4 aliphatic carbocycles. The third-order valence-corrected chi connectivity index (χ3v) is 10.3. The lowest BCUT2D eigenvalue weighted by Gasteiger charge is -2.58. The molecule has 0 aromatic carbocycles. The van der Waals surface area contributed by atoms with Gasteiger partial charge in [-0.05, 0) is 97.7 Å². The van der Waals surface area contributed by atoms with Gasteiger partial charge in [0.05, 0.1) is 6.10 Å². The zero-order chi connectivity index (χ0) is 20.1. The fourth-order valence-corrected chi connectivity index (χ4v) is 8.67. The summed E-state index contributed by atoms with van der Waals surface area (Å²) in [7, 11) is 0. The van der Waals surface area contributed by atoms with E-state index in [0.29, 0.717) is 10.8 Å². The first-order valence-electron chi connectivity index (χ1n) is 12.6. The summed E-state index contributed by atoms with van der Waals surface area (Å²) >= 11 is 0. The molecule has 0 amide bonds. The molecule has 28 heavy (non-hydrogen) atoms. The Bertz CT molecular complexity index is 591. The molecular formula is C27H46O. The summed E-state index contributed by atoms with van der Waals surface area (Å²) in [5.74, 6) is 5.46. The van der Waals surface area contributed by atoms with Crippen molar-refractivity contribution in [1.29, 1.82) is 0 Å². The Morgan fingerprint density at radius 2 is 1.79 bits per heavy atom. The molecule has 0 saturated heterocycles. The van der Waals surface area contributed by atoms with E-state index in [-0.39, 0.29) is 6.10 Å². The number of hydrogen-bond donors (Lipinski definition) is 1. The van der Waals surface area contributed by atoms with Crippen LogP contribution in [0, 0.1) is 46.3 Å². The molecule has 0 bridgehead atoms. The van der Waals surface area contributed by atoms with Gasteiger partial charge in [-0.15, -0.1) is 0 Å². The van der Waals surface area contributed by atoms with Gasteiger partial charge in [0.2, 0.25) is 0 Å². The quantitative estimate of drug-likeness (QED) is 0.488. The van der Waals surface area contributed by atoms with E-state index < -0.39 is 0 Å². The van der Waals surface area contributed by atoms with Crippen molar-refractivity contribution in [1.82, 2.24) is 0 Å². The third-order valence-electron chi connectivity index (χ3n) is 10.3. The molecule has 0 aliphatic heterocycles. The molecule has 1 heteroatoms. The molecule has 4 aliphatic rings. The largest absolute Gasteiger partial charge is 0.393 e. The van der Waals surface area contributed by atoms with Gasteiger partial charge in [0.25, 0.3) is 0 Å². The second-order valence-corrected chi connectivity index (χ2v) is 12.2. The van der Waals surface area contributed by atoms with Gasteiger partial charge >= 0.3 is 0 Å². The highest BCUT2D eigenvalue weighted by atomic mass is 16.3. The van der Waals surface area contributed by atoms with Crippen molar-refractivity contribution in [3.8, 4) is 0 Å². The van der Waals surface area contributed by atoms with Gasteiger partial charge in [0.1, 0.15) is 0 Å². The maximum atomic E-state index is 10.2. The zero-order valence-electron chi connectivity index (χ0n) is 19.3. The van der Waals surface area contributed by atoms with Crippen LogP contribution in [0.3, 0.4) is 0 Å². The highest BCUT2D eigenvalue weighted by Gasteiger charge is 2.59. The second-order valence-electron chi connectivity index (χ2n) is 12.2. The number of allylic oxidation sites excluding steroid dienone is 1. The summed E-state index contributed by atoms with van der Waals surface area (Å²) in [5.41, 5.74) is 2.60. The van der Waals surface area contributed by atoms with Crippen molar-refractivity contribution >= 4 is 0 Å². The molecular weight excluding hydrogens is 340 g/mol. The molecule has 160 valence electrons. The van der Waals surface area contributed by atoms with Gasteiger partial charge < -0.3 is 5.11 Å². The second kappa shape index (κ2) is 7.75. The van der Waals surface area contributed by atoms with Crippen LogP contribution in [-0.4, -0.2) is 11.2 Å². The summed E-state index contributed by atoms with van der Waals surface area (Å²) in [6.45, 7) is 12.6. The predicted octanol–water partition coefficient (Wildman–Crippen LogP) is 7.39. The van der Waals surface area contributed by atoms with Gasteiger partial charge in [0, 0.05) is 0 Å². The molecule has 0 aromatic rings. The molecule has 0 radical (unpaired) electrons. The summed E-state index contributed by atoms with van der Waals surface area (Å²) in [6, 6.07) is 0. The van der Waals surface area contributed by atoms with Gasteiger partial charge in [0.15, 0.2) is 0 Å². The van der Waals surface area contributed by atoms with Gasteiger partial charge in [-0.1, -0.05) is 65.5 Å². The van der Waals surface area contributed by atoms with Crippen LogP contribution in [-0.2, 0) is 0 Å². The van der Waals surface area contributed by atoms with Crippen molar-refractivity contribution in [3.05, 3.63) is 11.6 Å². The van der Waals surface area contributed by atoms with Crippen LogP contribution >= 0.6 is 0 Å². The molecule has 1 N–H and O–H groups in total. The van der Waals surface area contributed by atoms with Crippen molar-refractivity contribution in [2.24, 2.45) is 46.3 Å². The van der Waals surface area contributed by atoms with Crippen molar-refractivity contribution < 1.29 is 5.11 Å². The lowest BCUT2D eigenvalue weighted by atomic mass is 9.47. The van der Waals surface area contributed by atoms with Crippen LogP contribution in [0.5, 0.6) is 0 Å². The Hall–Kier alpha value is -0.300. The molecule has 0 unspecified atom stereocenters. The zero-order valence-corrected chi connectivity index (χ0v) is 19.3. The van der Waals surface area contributed by atoms with E-state index in [1.54, 1.807) is 5.57 Å². The van der Waals surface area contributed by atoms with Crippen LogP contribution in [0.25, 0.3) is 0 Å². The van der Waals surface area contributed by atoms with Crippen LogP contribution in [0.15, 0.2) is 11.6 Å². The highest BCUT2D eigenvalue weighted by Crippen LogP contribution is 2.67. The topological polar surface area (TPSA) is 20.2 Å². The van der Waals surface area contributed by atoms with Crippen LogP contribution < -0.4 is 0 Å². The van der Waals surface area contributed by atoms with E-state index >= 15 is 0 Å². The first-order valence-corrected chi connectivity index (χ1v) is 12.6. The fraction of sp³-hybridized carbons (Fsp3) is 0.926. The predicted molar refractivity (Wildman–Crippen MR) is 119 cm³/mol. The fourth-order valence-electron chi connectivity index (χ4n) is 8.67. The molecule has 1 nitrogen and oxygen atoms in total. The smallest absolute Gasteiger partial charge is 0.0577 e. The van der Waals surface area contributed by atoms with Crippen molar-refractivity contribution in [2.45, 2.75) is 111 Å². The lowest BCUT2D eigenvalue weighted by Crippen LogP contribution is -2.50. The van der Waals surface area contributed by atoms with E-state index in [1.807, 2.05) is 0 Å². The Morgan fingerprint density at radius 1 is 1.00 bits per heavy atom. The molecule has 0 spiro atoms. The highest BCUT2D eigenvalue weighted by molar-refractivity contribution is 5.25. The van der Waals surface area contributed by atoms with E-state index in [0.717, 1.165) is 48.3 Å². The normalized spacial score (nSPS) is 46.5. The van der Waals surface area contributed by atoms with Crippen LogP contribution in [0.2, 0.25) is 0 Å². The number of aliphatic hydroxyl groups excluding tert-OH is 1. The van der Waals surface area contributed by atoms with Gasteiger partial charge in [-0.3, -0.25) is 0 Å². The van der Waals surface area contributed by atoms with Gasteiger partial charge in [-0.25, -0.2) is 0 Å². The lowest BCUT2D eigenvalue weighted by molar-refractivity contribution is -0.0573. The Balaban J connectivity index is 1.49. The molecule has 0 heterocycles. The Kier molecular flexibility index (Phi) is 5.80. The number of rotatable bonds is 5. The minimum Gasteiger partial charge on any atom is -0.393 e. The van der Waals surface area contributed by atoms with Crippen LogP contribution in [0.1, 0.15) is 105 Å². The van der Waals surface area contributed by atoms with Crippen molar-refractivity contribution in [3.63, 3.8) is 0 Å². The summed E-state index contributed by atoms with van der Waals surface area (Å²) in [4.78, 5) is 0. The number of fused-ring (bicyclic) bond motifs is 5. The summed E-state index contributed by atoms with van der Waals surface area (Å²) in [5, 5.41) is 10.2. The Labute approximate surface area is 174 Å². The minimum absolute atomic E-state index is 0.0766. The standard InChI is InChI=1S/C27H46O/c1-18(2)7-6-8-19(3)23-11-12-24-22-10-9-20-17-21(28)13-15-26(20,4)25(22)14-16-27(23,24)5/h9,18-19,21-25,28H,6-8,10-17H2,1-5H3/t19-,21-,22-,23+,24-,25-,26-,27+/m1/s1. The SMILES string of the molecule is CC(C)CCC[C@@H](C)[C@@H]1CC[C@@H]2[C@H]3CC=C4C[C@H](O)CC[C@@]4(C)[C@@H]3CC[C@]21C. The molecule has 4 rings (SSSR count). The minimum atomic E-state index is -0.0766. The van der Waals surface area contributed by atoms with Crippen LogP contribution in [0.4, 0.5) is 0 Å².